The minimum absolute atomic E-state index is 0.408. The lowest BCUT2D eigenvalue weighted by atomic mass is 10.00. The van der Waals surface area contributed by atoms with Crippen LogP contribution in [0, 0.1) is 0 Å². The molecular weight excluding hydrogens is 248 g/mol. The summed E-state index contributed by atoms with van der Waals surface area (Å²) in [5.41, 5.74) is 2.62. The second kappa shape index (κ2) is 7.66. The fourth-order valence-electron chi connectivity index (χ4n) is 2.39. The van der Waals surface area contributed by atoms with Crippen molar-refractivity contribution >= 4 is 8.32 Å². The molecule has 0 bridgehead atoms. The molecule has 0 saturated heterocycles. The van der Waals surface area contributed by atoms with E-state index in [9.17, 15) is 0 Å². The molecule has 0 aromatic heterocycles. The number of benzene rings is 1. The van der Waals surface area contributed by atoms with Crippen molar-refractivity contribution in [1.29, 1.82) is 0 Å². The summed E-state index contributed by atoms with van der Waals surface area (Å²) in [7, 11) is -1.47. The van der Waals surface area contributed by atoms with Gasteiger partial charge < -0.3 is 4.43 Å². The molecule has 0 fully saturated rings. The van der Waals surface area contributed by atoms with E-state index < -0.39 is 8.32 Å². The fourth-order valence-corrected chi connectivity index (χ4v) is 4.98. The van der Waals surface area contributed by atoms with Crippen LogP contribution in [0.3, 0.4) is 0 Å². The molecule has 1 rings (SSSR count). The molecule has 2 heteroatoms. The molecule has 0 heterocycles. The van der Waals surface area contributed by atoms with E-state index in [0.29, 0.717) is 5.92 Å². The van der Waals surface area contributed by atoms with Crippen molar-refractivity contribution in [2.45, 2.75) is 58.4 Å². The SMILES string of the molecule is C=CC(C)c1cccc(CO[Si](CC)(CC)CC)c1. The van der Waals surface area contributed by atoms with Crippen molar-refractivity contribution in [3.05, 3.63) is 48.0 Å². The lowest BCUT2D eigenvalue weighted by Crippen LogP contribution is -2.35. The molecule has 0 aliphatic rings. The van der Waals surface area contributed by atoms with Gasteiger partial charge in [0.05, 0.1) is 6.61 Å². The minimum atomic E-state index is -1.47. The molecule has 1 nitrogen and oxygen atoms in total. The van der Waals surface area contributed by atoms with Gasteiger partial charge in [-0.3, -0.25) is 0 Å². The predicted molar refractivity (Wildman–Crippen MR) is 87.0 cm³/mol. The standard InChI is InChI=1S/C17H28OSi/c1-6-15(5)17-12-10-11-16(13-17)14-18-19(7-2,8-3)9-4/h6,10-13,15H,1,7-9,14H2,2-5H3. The van der Waals surface area contributed by atoms with Gasteiger partial charge in [0.25, 0.3) is 0 Å². The molecule has 1 aromatic rings. The molecule has 0 aliphatic heterocycles. The molecule has 1 atom stereocenters. The fraction of sp³-hybridized carbons (Fsp3) is 0.529. The van der Waals surface area contributed by atoms with Crippen LogP contribution in [0.4, 0.5) is 0 Å². The highest BCUT2D eigenvalue weighted by molar-refractivity contribution is 6.73. The van der Waals surface area contributed by atoms with E-state index in [4.69, 9.17) is 4.43 Å². The molecule has 1 unspecified atom stereocenters. The Balaban J connectivity index is 2.75. The van der Waals surface area contributed by atoms with Crippen LogP contribution < -0.4 is 0 Å². The molecule has 0 aliphatic carbocycles. The Morgan fingerprint density at radius 2 is 1.84 bits per heavy atom. The van der Waals surface area contributed by atoms with Gasteiger partial charge in [-0.2, -0.15) is 0 Å². The van der Waals surface area contributed by atoms with Gasteiger partial charge in [0.2, 0.25) is 0 Å². The van der Waals surface area contributed by atoms with E-state index in [1.165, 1.54) is 29.3 Å². The molecule has 106 valence electrons. The largest absolute Gasteiger partial charge is 0.413 e. The van der Waals surface area contributed by atoms with E-state index >= 15 is 0 Å². The second-order valence-electron chi connectivity index (χ2n) is 5.30. The summed E-state index contributed by atoms with van der Waals surface area (Å²) in [4.78, 5) is 0. The lowest BCUT2D eigenvalue weighted by molar-refractivity contribution is 0.287. The normalized spacial score (nSPS) is 13.3. The number of rotatable bonds is 8. The maximum atomic E-state index is 6.34. The zero-order valence-electron chi connectivity index (χ0n) is 12.9. The van der Waals surface area contributed by atoms with Crippen LogP contribution in [0.1, 0.15) is 44.7 Å². The Morgan fingerprint density at radius 3 is 2.37 bits per heavy atom. The predicted octanol–water partition coefficient (Wildman–Crippen LogP) is 5.50. The van der Waals surface area contributed by atoms with E-state index in [0.717, 1.165) is 6.61 Å². The topological polar surface area (TPSA) is 9.23 Å². The van der Waals surface area contributed by atoms with Gasteiger partial charge in [0.1, 0.15) is 0 Å². The first-order valence-corrected chi connectivity index (χ1v) is 9.99. The first-order chi connectivity index (χ1) is 9.10. The maximum absolute atomic E-state index is 6.34. The molecule has 0 amide bonds. The van der Waals surface area contributed by atoms with Crippen LogP contribution >= 0.6 is 0 Å². The van der Waals surface area contributed by atoms with Gasteiger partial charge in [0.15, 0.2) is 8.32 Å². The first kappa shape index (κ1) is 16.2. The highest BCUT2D eigenvalue weighted by Gasteiger charge is 2.28. The lowest BCUT2D eigenvalue weighted by Gasteiger charge is -2.28. The van der Waals surface area contributed by atoms with E-state index in [-0.39, 0.29) is 0 Å². The second-order valence-corrected chi connectivity index (χ2v) is 10.1. The van der Waals surface area contributed by atoms with Crippen molar-refractivity contribution in [3.8, 4) is 0 Å². The quantitative estimate of drug-likeness (QED) is 0.450. The third kappa shape index (κ3) is 4.32. The summed E-state index contributed by atoms with van der Waals surface area (Å²) in [5, 5.41) is 0. The van der Waals surface area contributed by atoms with Crippen molar-refractivity contribution in [1.82, 2.24) is 0 Å². The summed E-state index contributed by atoms with van der Waals surface area (Å²) >= 11 is 0. The Bertz CT molecular complexity index is 388. The molecule has 1 aromatic carbocycles. The van der Waals surface area contributed by atoms with Gasteiger partial charge in [-0.15, -0.1) is 6.58 Å². The zero-order chi connectivity index (χ0) is 14.3. The average Bonchev–Trinajstić information content (AvgIpc) is 2.48. The number of allylic oxidation sites excluding steroid dienone is 1. The van der Waals surface area contributed by atoms with E-state index in [1.807, 2.05) is 6.08 Å². The van der Waals surface area contributed by atoms with Crippen LogP contribution in [-0.4, -0.2) is 8.32 Å². The third-order valence-electron chi connectivity index (χ3n) is 4.31. The Hall–Kier alpha value is -0.863. The average molecular weight is 276 g/mol. The Labute approximate surface area is 119 Å². The van der Waals surface area contributed by atoms with Crippen LogP contribution in [0.25, 0.3) is 0 Å². The summed E-state index contributed by atoms with van der Waals surface area (Å²) in [6.07, 6.45) is 1.99. The van der Waals surface area contributed by atoms with Crippen LogP contribution in [-0.2, 0) is 11.0 Å². The summed E-state index contributed by atoms with van der Waals surface area (Å²) < 4.78 is 6.34. The van der Waals surface area contributed by atoms with E-state index in [2.05, 4.69) is 58.5 Å². The Kier molecular flexibility index (Phi) is 6.53. The highest BCUT2D eigenvalue weighted by atomic mass is 28.4. The summed E-state index contributed by atoms with van der Waals surface area (Å²) in [5.74, 6) is 0.408. The third-order valence-corrected chi connectivity index (χ3v) is 8.93. The highest BCUT2D eigenvalue weighted by Crippen LogP contribution is 2.24. The van der Waals surface area contributed by atoms with E-state index in [1.54, 1.807) is 0 Å². The Morgan fingerprint density at radius 1 is 1.21 bits per heavy atom. The van der Waals surface area contributed by atoms with Crippen molar-refractivity contribution < 1.29 is 4.43 Å². The molecular formula is C17H28OSi. The summed E-state index contributed by atoms with van der Waals surface area (Å²) in [6.45, 7) is 13.6. The van der Waals surface area contributed by atoms with Gasteiger partial charge in [-0.25, -0.2) is 0 Å². The number of hydrogen-bond acceptors (Lipinski definition) is 1. The van der Waals surface area contributed by atoms with Crippen LogP contribution in [0.15, 0.2) is 36.9 Å². The van der Waals surface area contributed by atoms with Crippen LogP contribution in [0.5, 0.6) is 0 Å². The first-order valence-electron chi connectivity index (χ1n) is 7.46. The van der Waals surface area contributed by atoms with Crippen molar-refractivity contribution in [3.63, 3.8) is 0 Å². The van der Waals surface area contributed by atoms with Gasteiger partial charge in [-0.1, -0.05) is 58.0 Å². The maximum Gasteiger partial charge on any atom is 0.192 e. The van der Waals surface area contributed by atoms with Crippen LogP contribution in [0.2, 0.25) is 18.1 Å². The number of hydrogen-bond donors (Lipinski definition) is 0. The molecule has 19 heavy (non-hydrogen) atoms. The van der Waals surface area contributed by atoms with Gasteiger partial charge >= 0.3 is 0 Å². The molecule has 0 spiro atoms. The smallest absolute Gasteiger partial charge is 0.192 e. The molecule has 0 N–H and O–H groups in total. The van der Waals surface area contributed by atoms with Gasteiger partial charge in [0, 0.05) is 0 Å². The monoisotopic (exact) mass is 276 g/mol. The minimum Gasteiger partial charge on any atom is -0.413 e. The van der Waals surface area contributed by atoms with Crippen molar-refractivity contribution in [2.24, 2.45) is 0 Å². The summed E-state index contributed by atoms with van der Waals surface area (Å²) in [6, 6.07) is 12.3. The van der Waals surface area contributed by atoms with Gasteiger partial charge in [-0.05, 0) is 35.2 Å². The zero-order valence-corrected chi connectivity index (χ0v) is 13.9. The molecule has 0 radical (unpaired) electrons. The molecule has 0 saturated carbocycles. The van der Waals surface area contributed by atoms with Crippen molar-refractivity contribution in [2.75, 3.05) is 0 Å².